The molecule has 2 heteroatoms. The van der Waals surface area contributed by atoms with Crippen LogP contribution in [0.25, 0.3) is 0 Å². The summed E-state index contributed by atoms with van der Waals surface area (Å²) in [4.78, 5) is 2.76. The van der Waals surface area contributed by atoms with Gasteiger partial charge in [0.15, 0.2) is 0 Å². The van der Waals surface area contributed by atoms with Crippen molar-refractivity contribution >= 4 is 0 Å². The van der Waals surface area contributed by atoms with Gasteiger partial charge in [-0.25, -0.2) is 0 Å². The smallest absolute Gasteiger partial charge is 0.00993 e. The lowest BCUT2D eigenvalue weighted by atomic mass is 9.86. The van der Waals surface area contributed by atoms with E-state index >= 15 is 0 Å². The highest BCUT2D eigenvalue weighted by Gasteiger charge is 2.30. The average molecular weight is 210 g/mol. The Balaban J connectivity index is 1.90. The second-order valence-electron chi connectivity index (χ2n) is 5.80. The summed E-state index contributed by atoms with van der Waals surface area (Å²) in [6, 6.07) is 2.13. The zero-order chi connectivity index (χ0) is 10.8. The molecule has 2 fully saturated rings. The summed E-state index contributed by atoms with van der Waals surface area (Å²) < 4.78 is 0. The van der Waals surface area contributed by atoms with Crippen molar-refractivity contribution in [3.63, 3.8) is 0 Å². The first-order valence-corrected chi connectivity index (χ1v) is 6.68. The normalized spacial score (nSPS) is 44.2. The number of rotatable bonds is 1. The van der Waals surface area contributed by atoms with Crippen LogP contribution in [0, 0.1) is 5.92 Å². The number of likely N-dealkylation sites (tertiary alicyclic amines) is 1. The molecule has 1 saturated carbocycles. The molecule has 1 aliphatic heterocycles. The summed E-state index contributed by atoms with van der Waals surface area (Å²) in [7, 11) is 0. The van der Waals surface area contributed by atoms with E-state index in [1.165, 1.54) is 45.1 Å². The van der Waals surface area contributed by atoms with E-state index in [1.54, 1.807) is 0 Å². The molecule has 0 amide bonds. The predicted octanol–water partition coefficient (Wildman–Crippen LogP) is 2.38. The molecule has 88 valence electrons. The Morgan fingerprint density at radius 1 is 0.933 bits per heavy atom. The third-order valence-corrected chi connectivity index (χ3v) is 4.38. The zero-order valence-electron chi connectivity index (χ0n) is 10.3. The van der Waals surface area contributed by atoms with Gasteiger partial charge in [0.1, 0.15) is 0 Å². The predicted molar refractivity (Wildman–Crippen MR) is 64.8 cm³/mol. The van der Waals surface area contributed by atoms with Gasteiger partial charge in [0.05, 0.1) is 0 Å². The summed E-state index contributed by atoms with van der Waals surface area (Å²) in [5, 5.41) is 0. The first-order valence-electron chi connectivity index (χ1n) is 6.68. The highest BCUT2D eigenvalue weighted by atomic mass is 15.2. The van der Waals surface area contributed by atoms with Crippen LogP contribution in [0.5, 0.6) is 0 Å². The summed E-state index contributed by atoms with van der Waals surface area (Å²) in [5.74, 6) is 0.900. The van der Waals surface area contributed by atoms with E-state index in [0.717, 1.165) is 18.0 Å². The van der Waals surface area contributed by atoms with Gasteiger partial charge in [-0.3, -0.25) is 4.90 Å². The standard InChI is InChI=1S/C13H26N2/c1-10-3-4-11(2)15(9-10)13-7-5-12(14)6-8-13/h10-13H,3-9,14H2,1-2H3. The molecule has 2 unspecified atom stereocenters. The van der Waals surface area contributed by atoms with Gasteiger partial charge < -0.3 is 5.73 Å². The van der Waals surface area contributed by atoms with E-state index in [2.05, 4.69) is 18.7 Å². The first-order chi connectivity index (χ1) is 7.16. The maximum Gasteiger partial charge on any atom is 0.00993 e. The molecule has 0 radical (unpaired) electrons. The van der Waals surface area contributed by atoms with Crippen molar-refractivity contribution < 1.29 is 0 Å². The van der Waals surface area contributed by atoms with Crippen molar-refractivity contribution in [2.75, 3.05) is 6.54 Å². The van der Waals surface area contributed by atoms with Crippen molar-refractivity contribution in [3.05, 3.63) is 0 Å². The van der Waals surface area contributed by atoms with E-state index < -0.39 is 0 Å². The van der Waals surface area contributed by atoms with E-state index in [4.69, 9.17) is 5.73 Å². The Kier molecular flexibility index (Phi) is 3.68. The van der Waals surface area contributed by atoms with E-state index in [9.17, 15) is 0 Å². The molecule has 2 N–H and O–H groups in total. The molecule has 0 bridgehead atoms. The lowest BCUT2D eigenvalue weighted by Gasteiger charge is -2.44. The van der Waals surface area contributed by atoms with Gasteiger partial charge in [0.2, 0.25) is 0 Å². The minimum atomic E-state index is 0.485. The summed E-state index contributed by atoms with van der Waals surface area (Å²) in [5.41, 5.74) is 5.97. The minimum Gasteiger partial charge on any atom is -0.328 e. The molecule has 15 heavy (non-hydrogen) atoms. The Labute approximate surface area is 94.2 Å². The SMILES string of the molecule is CC1CCC(C)N(C2CCC(N)CC2)C1. The van der Waals surface area contributed by atoms with Gasteiger partial charge >= 0.3 is 0 Å². The van der Waals surface area contributed by atoms with Crippen LogP contribution < -0.4 is 5.73 Å². The number of hydrogen-bond donors (Lipinski definition) is 1. The van der Waals surface area contributed by atoms with Gasteiger partial charge in [-0.2, -0.15) is 0 Å². The van der Waals surface area contributed by atoms with Crippen LogP contribution in [0.3, 0.4) is 0 Å². The first kappa shape index (κ1) is 11.4. The fourth-order valence-corrected chi connectivity index (χ4v) is 3.26. The van der Waals surface area contributed by atoms with E-state index in [-0.39, 0.29) is 0 Å². The van der Waals surface area contributed by atoms with Gasteiger partial charge in [-0.05, 0) is 51.4 Å². The third kappa shape index (κ3) is 2.73. The molecular formula is C13H26N2. The van der Waals surface area contributed by atoms with Crippen LogP contribution in [-0.2, 0) is 0 Å². The van der Waals surface area contributed by atoms with Gasteiger partial charge in [-0.1, -0.05) is 6.92 Å². The maximum atomic E-state index is 5.97. The molecule has 0 spiro atoms. The molecule has 1 aliphatic carbocycles. The number of hydrogen-bond acceptors (Lipinski definition) is 2. The quantitative estimate of drug-likeness (QED) is 0.720. The lowest BCUT2D eigenvalue weighted by Crippen LogP contribution is -2.49. The van der Waals surface area contributed by atoms with Gasteiger partial charge in [0.25, 0.3) is 0 Å². The number of nitrogens with two attached hydrogens (primary N) is 1. The Morgan fingerprint density at radius 2 is 1.60 bits per heavy atom. The molecule has 0 aromatic carbocycles. The van der Waals surface area contributed by atoms with E-state index in [0.29, 0.717) is 6.04 Å². The average Bonchev–Trinajstić information content (AvgIpc) is 2.23. The molecule has 0 aromatic rings. The van der Waals surface area contributed by atoms with Crippen LogP contribution in [0.15, 0.2) is 0 Å². The fourth-order valence-electron chi connectivity index (χ4n) is 3.26. The second-order valence-corrected chi connectivity index (χ2v) is 5.80. The largest absolute Gasteiger partial charge is 0.328 e. The summed E-state index contributed by atoms with van der Waals surface area (Å²) in [6.45, 7) is 6.12. The minimum absolute atomic E-state index is 0.485. The molecule has 2 nitrogen and oxygen atoms in total. The number of nitrogens with zero attached hydrogens (tertiary/aromatic N) is 1. The van der Waals surface area contributed by atoms with Crippen molar-refractivity contribution in [2.45, 2.75) is 70.5 Å². The topological polar surface area (TPSA) is 29.3 Å². The lowest BCUT2D eigenvalue weighted by molar-refractivity contribution is 0.0553. The molecule has 2 rings (SSSR count). The van der Waals surface area contributed by atoms with Crippen LogP contribution in [0.1, 0.15) is 52.4 Å². The Bertz CT molecular complexity index is 197. The van der Waals surface area contributed by atoms with Crippen molar-refractivity contribution in [3.8, 4) is 0 Å². The molecule has 2 atom stereocenters. The van der Waals surface area contributed by atoms with Crippen LogP contribution in [-0.4, -0.2) is 29.6 Å². The highest BCUT2D eigenvalue weighted by Crippen LogP contribution is 2.29. The Morgan fingerprint density at radius 3 is 2.27 bits per heavy atom. The van der Waals surface area contributed by atoms with Crippen LogP contribution >= 0.6 is 0 Å². The molecular weight excluding hydrogens is 184 g/mol. The van der Waals surface area contributed by atoms with Crippen molar-refractivity contribution in [1.29, 1.82) is 0 Å². The monoisotopic (exact) mass is 210 g/mol. The van der Waals surface area contributed by atoms with Gasteiger partial charge in [-0.15, -0.1) is 0 Å². The zero-order valence-corrected chi connectivity index (χ0v) is 10.3. The summed E-state index contributed by atoms with van der Waals surface area (Å²) in [6.07, 6.45) is 7.95. The van der Waals surface area contributed by atoms with Crippen LogP contribution in [0.2, 0.25) is 0 Å². The number of piperidine rings is 1. The van der Waals surface area contributed by atoms with Crippen molar-refractivity contribution in [2.24, 2.45) is 11.7 Å². The molecule has 1 saturated heterocycles. The van der Waals surface area contributed by atoms with Gasteiger partial charge in [0, 0.05) is 24.7 Å². The molecule has 1 heterocycles. The van der Waals surface area contributed by atoms with E-state index in [1.807, 2.05) is 0 Å². The Hall–Kier alpha value is -0.0800. The fraction of sp³-hybridized carbons (Fsp3) is 1.00. The van der Waals surface area contributed by atoms with Crippen LogP contribution in [0.4, 0.5) is 0 Å². The molecule has 2 aliphatic rings. The summed E-state index contributed by atoms with van der Waals surface area (Å²) >= 11 is 0. The second kappa shape index (κ2) is 4.84. The maximum absolute atomic E-state index is 5.97. The highest BCUT2D eigenvalue weighted by molar-refractivity contribution is 4.87. The molecule has 0 aromatic heterocycles. The van der Waals surface area contributed by atoms with Crippen molar-refractivity contribution in [1.82, 2.24) is 4.90 Å². The third-order valence-electron chi connectivity index (χ3n) is 4.38.